The summed E-state index contributed by atoms with van der Waals surface area (Å²) in [6, 6.07) is 7.59. The third kappa shape index (κ3) is 5.21. The molecule has 0 amide bonds. The Morgan fingerprint density at radius 3 is 2.57 bits per heavy atom. The van der Waals surface area contributed by atoms with E-state index >= 15 is 0 Å². The van der Waals surface area contributed by atoms with Crippen LogP contribution in [-0.2, 0) is 9.84 Å². The third-order valence-corrected chi connectivity index (χ3v) is 5.28. The minimum atomic E-state index is -2.78. The van der Waals surface area contributed by atoms with Gasteiger partial charge < -0.3 is 14.8 Å². The molecule has 0 radical (unpaired) electrons. The Balaban J connectivity index is 1.66. The molecule has 1 N–H and O–H groups in total. The van der Waals surface area contributed by atoms with E-state index in [1.165, 1.54) is 0 Å². The Morgan fingerprint density at radius 1 is 1.24 bits per heavy atom. The summed E-state index contributed by atoms with van der Waals surface area (Å²) in [4.78, 5) is 0. The first kappa shape index (κ1) is 16.1. The van der Waals surface area contributed by atoms with Crippen LogP contribution in [0.25, 0.3) is 0 Å². The van der Waals surface area contributed by atoms with Crippen molar-refractivity contribution in [2.75, 3.05) is 37.8 Å². The summed E-state index contributed by atoms with van der Waals surface area (Å²) in [7, 11) is -2.78. The predicted molar refractivity (Wildman–Crippen MR) is 82.7 cm³/mol. The average molecular weight is 313 g/mol. The van der Waals surface area contributed by atoms with Crippen LogP contribution in [0.5, 0.6) is 11.5 Å². The van der Waals surface area contributed by atoms with E-state index in [0.717, 1.165) is 24.5 Å². The number of rotatable bonds is 8. The smallest absolute Gasteiger partial charge is 0.161 e. The van der Waals surface area contributed by atoms with Crippen LogP contribution in [0.15, 0.2) is 24.3 Å². The van der Waals surface area contributed by atoms with Crippen molar-refractivity contribution in [3.05, 3.63) is 24.3 Å². The van der Waals surface area contributed by atoms with Gasteiger partial charge in [0.2, 0.25) is 0 Å². The minimum Gasteiger partial charge on any atom is -0.490 e. The summed E-state index contributed by atoms with van der Waals surface area (Å²) >= 11 is 0. The molecule has 1 aromatic carbocycles. The summed E-state index contributed by atoms with van der Waals surface area (Å²) in [5.74, 6) is 2.38. The molecule has 2 rings (SSSR count). The highest BCUT2D eigenvalue weighted by Gasteiger charge is 2.27. The second kappa shape index (κ2) is 7.66. The van der Waals surface area contributed by atoms with Gasteiger partial charge in [-0.05, 0) is 37.9 Å². The maximum Gasteiger partial charge on any atom is 0.161 e. The highest BCUT2D eigenvalue weighted by atomic mass is 32.2. The largest absolute Gasteiger partial charge is 0.490 e. The lowest BCUT2D eigenvalue weighted by Crippen LogP contribution is -2.27. The molecular formula is C15H23NO4S. The van der Waals surface area contributed by atoms with Crippen molar-refractivity contribution < 1.29 is 17.9 Å². The second-order valence-corrected chi connectivity index (χ2v) is 7.43. The highest BCUT2D eigenvalue weighted by molar-refractivity contribution is 7.91. The molecule has 1 fully saturated rings. The first-order valence-corrected chi connectivity index (χ1v) is 9.18. The van der Waals surface area contributed by atoms with Crippen molar-refractivity contribution in [1.82, 2.24) is 5.32 Å². The van der Waals surface area contributed by atoms with Gasteiger partial charge in [-0.15, -0.1) is 0 Å². The standard InChI is InChI=1S/C15H23NO4S/c1-2-19-14-5-3-4-6-15(14)20-9-8-16-11-13-7-10-21(17,18)12-13/h3-6,13,16H,2,7-12H2,1H3. The van der Waals surface area contributed by atoms with Crippen LogP contribution in [-0.4, -0.2) is 46.2 Å². The molecule has 0 bridgehead atoms. The van der Waals surface area contributed by atoms with Crippen molar-refractivity contribution in [3.63, 3.8) is 0 Å². The SMILES string of the molecule is CCOc1ccccc1OCCNCC1CCS(=O)(=O)C1. The van der Waals surface area contributed by atoms with Crippen LogP contribution in [0.2, 0.25) is 0 Å². The number of para-hydroxylation sites is 2. The Labute approximate surface area is 126 Å². The van der Waals surface area contributed by atoms with Gasteiger partial charge in [0, 0.05) is 6.54 Å². The molecule has 1 aliphatic heterocycles. The van der Waals surface area contributed by atoms with E-state index in [9.17, 15) is 8.42 Å². The van der Waals surface area contributed by atoms with Crippen molar-refractivity contribution in [1.29, 1.82) is 0 Å². The zero-order chi connectivity index (χ0) is 15.1. The molecule has 1 saturated heterocycles. The Kier molecular flexibility index (Phi) is 5.87. The van der Waals surface area contributed by atoms with Crippen LogP contribution < -0.4 is 14.8 Å². The summed E-state index contributed by atoms with van der Waals surface area (Å²) in [5, 5.41) is 3.26. The molecule has 1 unspecified atom stereocenters. The highest BCUT2D eigenvalue weighted by Crippen LogP contribution is 2.26. The van der Waals surface area contributed by atoms with Crippen molar-refractivity contribution in [2.45, 2.75) is 13.3 Å². The molecule has 1 aliphatic rings. The number of sulfone groups is 1. The lowest BCUT2D eigenvalue weighted by Gasteiger charge is -2.13. The number of nitrogens with one attached hydrogen (secondary N) is 1. The average Bonchev–Trinajstić information content (AvgIpc) is 2.80. The Morgan fingerprint density at radius 2 is 1.95 bits per heavy atom. The Bertz CT molecular complexity index is 544. The molecule has 1 heterocycles. The summed E-state index contributed by atoms with van der Waals surface area (Å²) in [6.07, 6.45) is 0.767. The molecule has 6 heteroatoms. The van der Waals surface area contributed by atoms with E-state index in [-0.39, 0.29) is 5.92 Å². The summed E-state index contributed by atoms with van der Waals surface area (Å²) < 4.78 is 33.9. The minimum absolute atomic E-state index is 0.241. The van der Waals surface area contributed by atoms with Crippen molar-refractivity contribution in [2.24, 2.45) is 5.92 Å². The monoisotopic (exact) mass is 313 g/mol. The molecule has 0 spiro atoms. The molecule has 1 aromatic rings. The zero-order valence-corrected chi connectivity index (χ0v) is 13.2. The van der Waals surface area contributed by atoms with Crippen LogP contribution >= 0.6 is 0 Å². The normalized spacial score (nSPS) is 20.3. The van der Waals surface area contributed by atoms with Gasteiger partial charge in [-0.1, -0.05) is 12.1 Å². The van der Waals surface area contributed by atoms with E-state index in [2.05, 4.69) is 5.32 Å². The molecule has 5 nitrogen and oxygen atoms in total. The number of benzene rings is 1. The summed E-state index contributed by atoms with van der Waals surface area (Å²) in [5.41, 5.74) is 0. The van der Waals surface area contributed by atoms with Gasteiger partial charge in [0.25, 0.3) is 0 Å². The first-order chi connectivity index (χ1) is 10.1. The molecule has 0 aromatic heterocycles. The van der Waals surface area contributed by atoms with Crippen molar-refractivity contribution >= 4 is 9.84 Å². The van der Waals surface area contributed by atoms with E-state index in [1.807, 2.05) is 31.2 Å². The van der Waals surface area contributed by atoms with Gasteiger partial charge in [0.05, 0.1) is 18.1 Å². The Hall–Kier alpha value is -1.27. The lowest BCUT2D eigenvalue weighted by atomic mass is 10.1. The molecule has 21 heavy (non-hydrogen) atoms. The fraction of sp³-hybridized carbons (Fsp3) is 0.600. The topological polar surface area (TPSA) is 64.6 Å². The van der Waals surface area contributed by atoms with E-state index in [0.29, 0.717) is 31.3 Å². The van der Waals surface area contributed by atoms with Crippen molar-refractivity contribution in [3.8, 4) is 11.5 Å². The fourth-order valence-corrected chi connectivity index (χ4v) is 4.28. The van der Waals surface area contributed by atoms with E-state index in [4.69, 9.17) is 9.47 Å². The molecule has 118 valence electrons. The molecule has 0 aliphatic carbocycles. The molecule has 1 atom stereocenters. The van der Waals surface area contributed by atoms with E-state index < -0.39 is 9.84 Å². The quantitative estimate of drug-likeness (QED) is 0.737. The van der Waals surface area contributed by atoms with Crippen LogP contribution in [0.4, 0.5) is 0 Å². The number of hydrogen-bond acceptors (Lipinski definition) is 5. The van der Waals surface area contributed by atoms with Crippen LogP contribution in [0, 0.1) is 5.92 Å². The van der Waals surface area contributed by atoms with Gasteiger partial charge in [-0.3, -0.25) is 0 Å². The number of ether oxygens (including phenoxy) is 2. The zero-order valence-electron chi connectivity index (χ0n) is 12.4. The first-order valence-electron chi connectivity index (χ1n) is 7.36. The molecule has 0 saturated carbocycles. The van der Waals surface area contributed by atoms with E-state index in [1.54, 1.807) is 0 Å². The summed E-state index contributed by atoms with van der Waals surface area (Å²) in [6.45, 7) is 4.50. The van der Waals surface area contributed by atoms with Gasteiger partial charge in [-0.2, -0.15) is 0 Å². The fourth-order valence-electron chi connectivity index (χ4n) is 2.42. The lowest BCUT2D eigenvalue weighted by molar-refractivity contribution is 0.274. The van der Waals surface area contributed by atoms with Crippen LogP contribution in [0.3, 0.4) is 0 Å². The van der Waals surface area contributed by atoms with Crippen LogP contribution in [0.1, 0.15) is 13.3 Å². The maximum atomic E-state index is 11.3. The predicted octanol–water partition coefficient (Wildman–Crippen LogP) is 1.49. The van der Waals surface area contributed by atoms with Gasteiger partial charge in [0.1, 0.15) is 6.61 Å². The molecular weight excluding hydrogens is 290 g/mol. The number of hydrogen-bond donors (Lipinski definition) is 1. The maximum absolute atomic E-state index is 11.3. The second-order valence-electron chi connectivity index (χ2n) is 5.20. The van der Waals surface area contributed by atoms with Gasteiger partial charge in [0.15, 0.2) is 21.3 Å². The van der Waals surface area contributed by atoms with Gasteiger partial charge in [-0.25, -0.2) is 8.42 Å². The third-order valence-electron chi connectivity index (χ3n) is 3.45. The van der Waals surface area contributed by atoms with Gasteiger partial charge >= 0.3 is 0 Å².